The van der Waals surface area contributed by atoms with Crippen molar-refractivity contribution in [2.45, 2.75) is 6.92 Å². The molecule has 0 heterocycles. The minimum absolute atomic E-state index is 0.313. The number of carbonyl (C=O) groups excluding carboxylic acids is 2. The van der Waals surface area contributed by atoms with Crippen LogP contribution in [0.15, 0.2) is 42.5 Å². The Bertz CT molecular complexity index is 954. The van der Waals surface area contributed by atoms with Crippen molar-refractivity contribution in [3.05, 3.63) is 59.2 Å². The number of hydrogen-bond acceptors (Lipinski definition) is 5. The molecule has 7 nitrogen and oxygen atoms in total. The van der Waals surface area contributed by atoms with Crippen molar-refractivity contribution < 1.29 is 22.7 Å². The molecule has 0 saturated heterocycles. The van der Waals surface area contributed by atoms with E-state index in [0.717, 1.165) is 10.6 Å². The number of nitrogens with zero attached hydrogens (tertiary/aromatic N) is 1. The molecular weight excluding hydrogens is 356 g/mol. The lowest BCUT2D eigenvalue weighted by molar-refractivity contribution is 0.0600. The largest absolute Gasteiger partial charge is 0.465 e. The van der Waals surface area contributed by atoms with Crippen LogP contribution in [0.2, 0.25) is 0 Å². The van der Waals surface area contributed by atoms with Crippen LogP contribution in [0.5, 0.6) is 0 Å². The summed E-state index contributed by atoms with van der Waals surface area (Å²) in [4.78, 5) is 24.2. The molecule has 2 aromatic carbocycles. The molecule has 0 radical (unpaired) electrons. The molecule has 0 spiro atoms. The Kier molecular flexibility index (Phi) is 5.66. The van der Waals surface area contributed by atoms with Crippen molar-refractivity contribution in [3.8, 4) is 0 Å². The van der Waals surface area contributed by atoms with E-state index in [2.05, 4.69) is 10.1 Å². The van der Waals surface area contributed by atoms with Crippen LogP contribution in [0.3, 0.4) is 0 Å². The predicted octanol–water partition coefficient (Wildman–Crippen LogP) is 2.43. The van der Waals surface area contributed by atoms with Crippen molar-refractivity contribution in [1.82, 2.24) is 0 Å². The van der Waals surface area contributed by atoms with Gasteiger partial charge in [0.25, 0.3) is 5.91 Å². The topological polar surface area (TPSA) is 92.8 Å². The Morgan fingerprint density at radius 3 is 2.38 bits per heavy atom. The van der Waals surface area contributed by atoms with Crippen LogP contribution in [0, 0.1) is 6.92 Å². The maximum Gasteiger partial charge on any atom is 0.337 e. The van der Waals surface area contributed by atoms with Gasteiger partial charge in [-0.1, -0.05) is 12.1 Å². The van der Waals surface area contributed by atoms with Crippen molar-refractivity contribution in [2.24, 2.45) is 0 Å². The molecule has 0 bridgehead atoms. The zero-order valence-electron chi connectivity index (χ0n) is 14.9. The molecule has 0 aliphatic carbocycles. The molecular formula is C18H20N2O5S. The highest BCUT2D eigenvalue weighted by atomic mass is 32.2. The summed E-state index contributed by atoms with van der Waals surface area (Å²) in [6, 6.07) is 11.2. The number of esters is 1. The SMILES string of the molecule is COC(=O)c1cccc(NC(=O)c2cccc(N(C)S(C)(=O)=O)c2C)c1. The Hall–Kier alpha value is -2.87. The normalized spacial score (nSPS) is 10.9. The van der Waals surface area contributed by atoms with E-state index in [1.807, 2.05) is 0 Å². The lowest BCUT2D eigenvalue weighted by atomic mass is 10.1. The van der Waals surface area contributed by atoms with Crippen molar-refractivity contribution in [1.29, 1.82) is 0 Å². The van der Waals surface area contributed by atoms with E-state index in [9.17, 15) is 18.0 Å². The van der Waals surface area contributed by atoms with Crippen molar-refractivity contribution >= 4 is 33.3 Å². The smallest absolute Gasteiger partial charge is 0.337 e. The lowest BCUT2D eigenvalue weighted by Gasteiger charge is -2.20. The fourth-order valence-corrected chi connectivity index (χ4v) is 2.98. The average molecular weight is 376 g/mol. The van der Waals surface area contributed by atoms with Gasteiger partial charge in [-0.2, -0.15) is 0 Å². The molecule has 0 aromatic heterocycles. The number of methoxy groups -OCH3 is 1. The van der Waals surface area contributed by atoms with Crippen LogP contribution in [0.25, 0.3) is 0 Å². The highest BCUT2D eigenvalue weighted by Crippen LogP contribution is 2.25. The summed E-state index contributed by atoms with van der Waals surface area (Å²) in [6.07, 6.45) is 1.09. The molecule has 138 valence electrons. The molecule has 0 aliphatic rings. The molecule has 0 fully saturated rings. The number of ether oxygens (including phenoxy) is 1. The first-order chi connectivity index (χ1) is 12.1. The Balaban J connectivity index is 2.33. The Labute approximate surface area is 152 Å². The van der Waals surface area contributed by atoms with Crippen LogP contribution in [0.1, 0.15) is 26.3 Å². The van der Waals surface area contributed by atoms with Gasteiger partial charge >= 0.3 is 5.97 Å². The van der Waals surface area contributed by atoms with Gasteiger partial charge in [0.1, 0.15) is 0 Å². The van der Waals surface area contributed by atoms with E-state index in [1.165, 1.54) is 20.2 Å². The van der Waals surface area contributed by atoms with E-state index in [-0.39, 0.29) is 0 Å². The van der Waals surface area contributed by atoms with Gasteiger partial charge in [-0.05, 0) is 42.8 Å². The third-order valence-electron chi connectivity index (χ3n) is 3.93. The molecule has 1 N–H and O–H groups in total. The number of carbonyl (C=O) groups is 2. The highest BCUT2D eigenvalue weighted by molar-refractivity contribution is 7.92. The summed E-state index contributed by atoms with van der Waals surface area (Å²) >= 11 is 0. The summed E-state index contributed by atoms with van der Waals surface area (Å²) in [6.45, 7) is 1.68. The molecule has 0 saturated carbocycles. The highest BCUT2D eigenvalue weighted by Gasteiger charge is 2.19. The average Bonchev–Trinajstić information content (AvgIpc) is 2.60. The van der Waals surface area contributed by atoms with Crippen LogP contribution in [-0.2, 0) is 14.8 Å². The maximum atomic E-state index is 12.6. The zero-order chi connectivity index (χ0) is 19.5. The third kappa shape index (κ3) is 4.20. The van der Waals surface area contributed by atoms with Crippen molar-refractivity contribution in [2.75, 3.05) is 30.0 Å². The first-order valence-electron chi connectivity index (χ1n) is 7.68. The fourth-order valence-electron chi connectivity index (χ4n) is 2.43. The second kappa shape index (κ2) is 7.57. The molecule has 1 amide bonds. The minimum Gasteiger partial charge on any atom is -0.465 e. The van der Waals surface area contributed by atoms with E-state index in [1.54, 1.807) is 43.3 Å². The molecule has 0 atom stereocenters. The number of nitrogens with one attached hydrogen (secondary N) is 1. The standard InChI is InChI=1S/C18H20N2O5S/c1-12-15(9-6-10-16(12)20(2)26(4,23)24)17(21)19-14-8-5-7-13(11-14)18(22)25-3/h5-11H,1-4H3,(H,19,21). The quantitative estimate of drug-likeness (QED) is 0.809. The second-order valence-electron chi connectivity index (χ2n) is 5.71. The summed E-state index contributed by atoms with van der Waals surface area (Å²) < 4.78 is 29.3. The number of benzene rings is 2. The zero-order valence-corrected chi connectivity index (χ0v) is 15.8. The summed E-state index contributed by atoms with van der Waals surface area (Å²) in [7, 11) is -0.739. The van der Waals surface area contributed by atoms with Gasteiger partial charge in [0.15, 0.2) is 0 Å². The van der Waals surface area contributed by atoms with E-state index < -0.39 is 21.9 Å². The number of sulfonamides is 1. The van der Waals surface area contributed by atoms with E-state index >= 15 is 0 Å². The monoisotopic (exact) mass is 376 g/mol. The minimum atomic E-state index is -3.45. The van der Waals surface area contributed by atoms with Crippen LogP contribution in [-0.4, -0.2) is 40.7 Å². The van der Waals surface area contributed by atoms with Gasteiger partial charge in [-0.3, -0.25) is 9.10 Å². The van der Waals surface area contributed by atoms with Crippen molar-refractivity contribution in [3.63, 3.8) is 0 Å². The third-order valence-corrected chi connectivity index (χ3v) is 5.12. The first kappa shape index (κ1) is 19.5. The molecule has 2 rings (SSSR count). The Morgan fingerprint density at radius 1 is 1.12 bits per heavy atom. The number of hydrogen-bond donors (Lipinski definition) is 1. The number of amides is 1. The number of anilines is 2. The maximum absolute atomic E-state index is 12.6. The first-order valence-corrected chi connectivity index (χ1v) is 9.53. The van der Waals surface area contributed by atoms with Gasteiger partial charge in [-0.25, -0.2) is 13.2 Å². The predicted molar refractivity (Wildman–Crippen MR) is 100 cm³/mol. The summed E-state index contributed by atoms with van der Waals surface area (Å²) in [5.41, 5.74) is 2.03. The molecule has 0 unspecified atom stereocenters. The number of rotatable bonds is 5. The second-order valence-corrected chi connectivity index (χ2v) is 7.72. The van der Waals surface area contributed by atoms with Gasteiger partial charge in [-0.15, -0.1) is 0 Å². The summed E-state index contributed by atoms with van der Waals surface area (Å²) in [5.74, 6) is -0.915. The molecule has 26 heavy (non-hydrogen) atoms. The van der Waals surface area contributed by atoms with Gasteiger partial charge in [0, 0.05) is 18.3 Å². The van der Waals surface area contributed by atoms with Crippen LogP contribution in [0.4, 0.5) is 11.4 Å². The fraction of sp³-hybridized carbons (Fsp3) is 0.222. The van der Waals surface area contributed by atoms with E-state index in [4.69, 9.17) is 0 Å². The molecule has 8 heteroatoms. The lowest BCUT2D eigenvalue weighted by Crippen LogP contribution is -2.26. The van der Waals surface area contributed by atoms with Crippen LogP contribution >= 0.6 is 0 Å². The summed E-state index contributed by atoms with van der Waals surface area (Å²) in [5, 5.41) is 2.71. The van der Waals surface area contributed by atoms with Gasteiger partial charge in [0.05, 0.1) is 24.6 Å². The van der Waals surface area contributed by atoms with Gasteiger partial charge in [0.2, 0.25) is 10.0 Å². The van der Waals surface area contributed by atoms with E-state index in [0.29, 0.717) is 28.1 Å². The van der Waals surface area contributed by atoms with Crippen LogP contribution < -0.4 is 9.62 Å². The Morgan fingerprint density at radius 2 is 1.77 bits per heavy atom. The molecule has 0 aliphatic heterocycles. The van der Waals surface area contributed by atoms with Gasteiger partial charge < -0.3 is 10.1 Å². The molecule has 2 aromatic rings.